The third-order valence-electron chi connectivity index (χ3n) is 6.31. The van der Waals surface area contributed by atoms with E-state index < -0.39 is 6.04 Å². The normalized spacial score (nSPS) is 19.3. The highest BCUT2D eigenvalue weighted by Gasteiger charge is 2.42. The minimum absolute atomic E-state index is 0.0990. The number of hydrogen-bond acceptors (Lipinski definition) is 9. The zero-order chi connectivity index (χ0) is 26.7. The second-order valence-electron chi connectivity index (χ2n) is 10.1. The van der Waals surface area contributed by atoms with Gasteiger partial charge in [0.25, 0.3) is 5.91 Å². The van der Waals surface area contributed by atoms with Crippen molar-refractivity contribution >= 4 is 17.6 Å². The van der Waals surface area contributed by atoms with Crippen molar-refractivity contribution in [3.63, 3.8) is 0 Å². The number of fused-ring (bicyclic) bond motifs is 1. The molecule has 3 heterocycles. The number of nitrogens with zero attached hydrogens (tertiary/aromatic N) is 8. The van der Waals surface area contributed by atoms with E-state index in [4.69, 9.17) is 14.8 Å². The van der Waals surface area contributed by atoms with Gasteiger partial charge in [-0.05, 0) is 66.2 Å². The van der Waals surface area contributed by atoms with Crippen molar-refractivity contribution in [2.24, 2.45) is 10.1 Å². The molecule has 2 aromatic rings. The van der Waals surface area contributed by atoms with Crippen LogP contribution in [-0.4, -0.2) is 94.3 Å². The Kier molecular flexibility index (Phi) is 8.23. The lowest BCUT2D eigenvalue weighted by atomic mass is 10.1. The number of aromatic nitrogens is 3. The highest BCUT2D eigenvalue weighted by Crippen LogP contribution is 2.28. The molecule has 11 heteroatoms. The number of rotatable bonds is 11. The van der Waals surface area contributed by atoms with Gasteiger partial charge in [-0.2, -0.15) is 5.10 Å². The second kappa shape index (κ2) is 11.4. The minimum Gasteiger partial charge on any atom is -0.493 e. The number of carbonyl (C=O) groups excluding carboxylic acids is 1. The van der Waals surface area contributed by atoms with Crippen LogP contribution < -0.4 is 10.1 Å². The fourth-order valence-corrected chi connectivity index (χ4v) is 4.73. The molecule has 2 aliphatic heterocycles. The Bertz CT molecular complexity index is 1180. The number of hydrogen-bond donors (Lipinski definition) is 1. The van der Waals surface area contributed by atoms with Crippen LogP contribution in [-0.2, 0) is 24.4 Å². The van der Waals surface area contributed by atoms with E-state index in [-0.39, 0.29) is 11.9 Å². The Labute approximate surface area is 219 Å². The molecular weight excluding hydrogens is 470 g/mol. The SMILES string of the molecule is CCCC1=NC(C)C2C(=O)NC(c3cc(Cn4nnc(CN(C)C)c4CN(C)C)ccc3OCC)=NN12. The largest absolute Gasteiger partial charge is 0.493 e. The van der Waals surface area contributed by atoms with Gasteiger partial charge in [-0.1, -0.05) is 18.2 Å². The molecule has 0 bridgehead atoms. The first-order chi connectivity index (χ1) is 17.7. The number of carbonyl (C=O) groups is 1. The summed E-state index contributed by atoms with van der Waals surface area (Å²) in [4.78, 5) is 22.0. The van der Waals surface area contributed by atoms with E-state index >= 15 is 0 Å². The summed E-state index contributed by atoms with van der Waals surface area (Å²) in [5, 5.41) is 18.6. The van der Waals surface area contributed by atoms with Gasteiger partial charge in [0.1, 0.15) is 17.3 Å². The smallest absolute Gasteiger partial charge is 0.252 e. The molecule has 0 saturated heterocycles. The number of hydrazone groups is 1. The molecule has 0 aliphatic carbocycles. The second-order valence-corrected chi connectivity index (χ2v) is 10.1. The lowest BCUT2D eigenvalue weighted by molar-refractivity contribution is -0.124. The Hall–Kier alpha value is -3.31. The number of aliphatic imine (C=N–C) groups is 1. The lowest BCUT2D eigenvalue weighted by Crippen LogP contribution is -2.54. The van der Waals surface area contributed by atoms with Crippen molar-refractivity contribution in [2.75, 3.05) is 34.8 Å². The number of amidine groups is 2. The molecule has 4 rings (SSSR count). The maximum absolute atomic E-state index is 13.1. The molecule has 1 amide bonds. The van der Waals surface area contributed by atoms with E-state index in [0.717, 1.165) is 54.3 Å². The van der Waals surface area contributed by atoms with Gasteiger partial charge in [0, 0.05) is 19.5 Å². The van der Waals surface area contributed by atoms with Crippen molar-refractivity contribution < 1.29 is 9.53 Å². The van der Waals surface area contributed by atoms with Crippen LogP contribution in [0.2, 0.25) is 0 Å². The van der Waals surface area contributed by atoms with Crippen LogP contribution >= 0.6 is 0 Å². The molecule has 1 N–H and O–H groups in total. The van der Waals surface area contributed by atoms with Crippen LogP contribution in [0.25, 0.3) is 0 Å². The van der Waals surface area contributed by atoms with E-state index in [0.29, 0.717) is 24.7 Å². The van der Waals surface area contributed by atoms with Gasteiger partial charge in [0.15, 0.2) is 11.9 Å². The van der Waals surface area contributed by atoms with Gasteiger partial charge in [-0.15, -0.1) is 5.10 Å². The lowest BCUT2D eigenvalue weighted by Gasteiger charge is -2.30. The summed E-state index contributed by atoms with van der Waals surface area (Å²) in [5.41, 5.74) is 3.79. The third kappa shape index (κ3) is 5.83. The molecule has 2 unspecified atom stereocenters. The van der Waals surface area contributed by atoms with E-state index in [9.17, 15) is 4.79 Å². The molecule has 1 aromatic carbocycles. The van der Waals surface area contributed by atoms with Crippen LogP contribution in [0.3, 0.4) is 0 Å². The zero-order valence-corrected chi connectivity index (χ0v) is 23.0. The molecule has 0 saturated carbocycles. The Morgan fingerprint density at radius 1 is 1.11 bits per heavy atom. The highest BCUT2D eigenvalue weighted by molar-refractivity contribution is 6.13. The summed E-state index contributed by atoms with van der Waals surface area (Å²) in [6, 6.07) is 5.43. The number of amides is 1. The summed E-state index contributed by atoms with van der Waals surface area (Å²) in [6.45, 7) is 8.50. The molecule has 1 aromatic heterocycles. The average molecular weight is 510 g/mol. The zero-order valence-electron chi connectivity index (χ0n) is 23.0. The molecule has 0 radical (unpaired) electrons. The molecule has 2 aliphatic rings. The summed E-state index contributed by atoms with van der Waals surface area (Å²) in [5.74, 6) is 1.90. The van der Waals surface area contributed by atoms with Crippen molar-refractivity contribution in [3.05, 3.63) is 40.7 Å². The first-order valence-corrected chi connectivity index (χ1v) is 12.9. The number of benzene rings is 1. The predicted molar refractivity (Wildman–Crippen MR) is 144 cm³/mol. The predicted octanol–water partition coefficient (Wildman–Crippen LogP) is 1.91. The fraction of sp³-hybridized carbons (Fsp3) is 0.577. The van der Waals surface area contributed by atoms with Crippen molar-refractivity contribution in [3.8, 4) is 5.75 Å². The minimum atomic E-state index is -0.414. The molecule has 37 heavy (non-hydrogen) atoms. The molecular formula is C26H39N9O2. The van der Waals surface area contributed by atoms with Gasteiger partial charge in [-0.25, -0.2) is 9.69 Å². The van der Waals surface area contributed by atoms with Gasteiger partial charge < -0.3 is 19.9 Å². The molecule has 0 spiro atoms. The van der Waals surface area contributed by atoms with Crippen LogP contribution in [0, 0.1) is 0 Å². The van der Waals surface area contributed by atoms with Crippen LogP contribution in [0.15, 0.2) is 28.3 Å². The van der Waals surface area contributed by atoms with Crippen LogP contribution in [0.4, 0.5) is 0 Å². The standard InChI is InChI=1S/C26H39N9O2/c1-8-10-23-27-17(3)24-26(36)28-25(30-35(23)24)19-13-18(11-12-22(19)37-9-2)14-34-21(16-33(6)7)20(29-31-34)15-32(4)5/h11-13,17,24H,8-10,14-16H2,1-7H3,(H,28,30,36). The maximum atomic E-state index is 13.1. The molecule has 200 valence electrons. The highest BCUT2D eigenvalue weighted by atomic mass is 16.5. The third-order valence-corrected chi connectivity index (χ3v) is 6.31. The monoisotopic (exact) mass is 509 g/mol. The quantitative estimate of drug-likeness (QED) is 0.494. The fourth-order valence-electron chi connectivity index (χ4n) is 4.73. The van der Waals surface area contributed by atoms with E-state index in [1.54, 1.807) is 5.01 Å². The number of ether oxygens (including phenoxy) is 1. The van der Waals surface area contributed by atoms with Crippen molar-refractivity contribution in [1.82, 2.24) is 35.1 Å². The maximum Gasteiger partial charge on any atom is 0.252 e. The van der Waals surface area contributed by atoms with Gasteiger partial charge in [0.05, 0.1) is 30.5 Å². The van der Waals surface area contributed by atoms with E-state index in [1.807, 2.05) is 64.9 Å². The summed E-state index contributed by atoms with van der Waals surface area (Å²) in [6.07, 6.45) is 1.71. The summed E-state index contributed by atoms with van der Waals surface area (Å²) in [7, 11) is 8.13. The molecule has 0 fully saturated rings. The van der Waals surface area contributed by atoms with E-state index in [2.05, 4.69) is 32.4 Å². The molecule has 2 atom stereocenters. The van der Waals surface area contributed by atoms with Crippen molar-refractivity contribution in [1.29, 1.82) is 0 Å². The number of nitrogens with one attached hydrogen (secondary N) is 1. The Balaban J connectivity index is 1.70. The summed E-state index contributed by atoms with van der Waals surface area (Å²) < 4.78 is 7.88. The summed E-state index contributed by atoms with van der Waals surface area (Å²) >= 11 is 0. The Morgan fingerprint density at radius 2 is 1.86 bits per heavy atom. The average Bonchev–Trinajstić information content (AvgIpc) is 3.34. The van der Waals surface area contributed by atoms with Gasteiger partial charge >= 0.3 is 0 Å². The van der Waals surface area contributed by atoms with Crippen LogP contribution in [0.1, 0.15) is 56.1 Å². The van der Waals surface area contributed by atoms with Crippen molar-refractivity contribution in [2.45, 2.75) is 65.3 Å². The van der Waals surface area contributed by atoms with Gasteiger partial charge in [0.2, 0.25) is 0 Å². The molecule has 11 nitrogen and oxygen atoms in total. The first-order valence-electron chi connectivity index (χ1n) is 12.9. The Morgan fingerprint density at radius 3 is 2.54 bits per heavy atom. The van der Waals surface area contributed by atoms with E-state index in [1.165, 1.54) is 0 Å². The first kappa shape index (κ1) is 26.7. The van der Waals surface area contributed by atoms with Crippen LogP contribution in [0.5, 0.6) is 5.75 Å². The van der Waals surface area contributed by atoms with Gasteiger partial charge in [-0.3, -0.25) is 9.79 Å². The topological polar surface area (TPSA) is 103 Å².